The molecular weight excluding hydrogens is 284 g/mol. The number of pyridine rings is 1. The number of ether oxygens (including phenoxy) is 1. The first-order valence-corrected chi connectivity index (χ1v) is 7.07. The lowest BCUT2D eigenvalue weighted by Crippen LogP contribution is -2.43. The summed E-state index contributed by atoms with van der Waals surface area (Å²) in [5, 5.41) is 14.0. The highest BCUT2D eigenvalue weighted by atomic mass is 16.5. The lowest BCUT2D eigenvalue weighted by atomic mass is 10.1. The molecule has 7 heteroatoms. The Morgan fingerprint density at radius 3 is 2.77 bits per heavy atom. The van der Waals surface area contributed by atoms with Gasteiger partial charge in [0.15, 0.2) is 5.69 Å². The lowest BCUT2D eigenvalue weighted by molar-refractivity contribution is 0.0594. The van der Waals surface area contributed by atoms with Gasteiger partial charge in [-0.05, 0) is 12.1 Å². The molecule has 1 saturated heterocycles. The lowest BCUT2D eigenvalue weighted by Gasteiger charge is -2.30. The van der Waals surface area contributed by atoms with E-state index in [4.69, 9.17) is 5.73 Å². The van der Waals surface area contributed by atoms with E-state index >= 15 is 0 Å². The molecule has 1 aliphatic rings. The summed E-state index contributed by atoms with van der Waals surface area (Å²) in [6.45, 7) is 3.56. The highest BCUT2D eigenvalue weighted by molar-refractivity contribution is 6.00. The molecule has 0 aliphatic carbocycles. The number of esters is 1. The maximum Gasteiger partial charge on any atom is 0.356 e. The van der Waals surface area contributed by atoms with Crippen LogP contribution in [0.15, 0.2) is 18.2 Å². The molecular formula is C15H18N4O3. The van der Waals surface area contributed by atoms with Gasteiger partial charge >= 0.3 is 5.97 Å². The summed E-state index contributed by atoms with van der Waals surface area (Å²) in [4.78, 5) is 18.0. The van der Waals surface area contributed by atoms with Gasteiger partial charge in [-0.1, -0.05) is 0 Å². The summed E-state index contributed by atoms with van der Waals surface area (Å²) in [6, 6.07) is 4.97. The Morgan fingerprint density at radius 1 is 1.36 bits per heavy atom. The van der Waals surface area contributed by atoms with E-state index in [0.29, 0.717) is 16.6 Å². The van der Waals surface area contributed by atoms with Crippen LogP contribution in [0.25, 0.3) is 10.9 Å². The maximum atomic E-state index is 11.6. The van der Waals surface area contributed by atoms with E-state index in [1.807, 2.05) is 12.1 Å². The van der Waals surface area contributed by atoms with Crippen molar-refractivity contribution in [1.82, 2.24) is 10.3 Å². The Kier molecular flexibility index (Phi) is 3.72. The zero-order valence-electron chi connectivity index (χ0n) is 12.3. The molecule has 0 saturated carbocycles. The SMILES string of the molecule is COC(=O)c1cc(O)c2cc(N3CCNCC3)cc(N)c2n1. The van der Waals surface area contributed by atoms with E-state index in [1.165, 1.54) is 13.2 Å². The largest absolute Gasteiger partial charge is 0.507 e. The average molecular weight is 302 g/mol. The van der Waals surface area contributed by atoms with Gasteiger partial charge in [0, 0.05) is 43.3 Å². The molecule has 1 aromatic heterocycles. The first-order chi connectivity index (χ1) is 10.6. The minimum Gasteiger partial charge on any atom is -0.507 e. The van der Waals surface area contributed by atoms with Crippen LogP contribution in [-0.2, 0) is 4.74 Å². The molecule has 0 amide bonds. The molecule has 1 aliphatic heterocycles. The predicted molar refractivity (Wildman–Crippen MR) is 84.2 cm³/mol. The summed E-state index contributed by atoms with van der Waals surface area (Å²) >= 11 is 0. The molecule has 0 bridgehead atoms. The number of hydrogen-bond donors (Lipinski definition) is 3. The predicted octanol–water partition coefficient (Wildman–Crippen LogP) is 0.719. The number of nitrogen functional groups attached to an aromatic ring is 1. The molecule has 4 N–H and O–H groups in total. The Hall–Kier alpha value is -2.54. The highest BCUT2D eigenvalue weighted by Gasteiger charge is 2.17. The van der Waals surface area contributed by atoms with Gasteiger partial charge in [-0.2, -0.15) is 0 Å². The quantitative estimate of drug-likeness (QED) is 0.555. The van der Waals surface area contributed by atoms with Gasteiger partial charge in [0.2, 0.25) is 0 Å². The van der Waals surface area contributed by atoms with Crippen molar-refractivity contribution in [2.24, 2.45) is 0 Å². The van der Waals surface area contributed by atoms with Gasteiger partial charge < -0.3 is 25.8 Å². The van der Waals surface area contributed by atoms with E-state index in [9.17, 15) is 9.90 Å². The van der Waals surface area contributed by atoms with E-state index in [2.05, 4.69) is 19.9 Å². The second-order valence-corrected chi connectivity index (χ2v) is 5.19. The van der Waals surface area contributed by atoms with Crippen LogP contribution in [0.3, 0.4) is 0 Å². The number of aromatic nitrogens is 1. The third kappa shape index (κ3) is 2.50. The van der Waals surface area contributed by atoms with Crippen molar-refractivity contribution in [1.29, 1.82) is 0 Å². The summed E-state index contributed by atoms with van der Waals surface area (Å²) in [7, 11) is 1.27. The number of fused-ring (bicyclic) bond motifs is 1. The summed E-state index contributed by atoms with van der Waals surface area (Å²) in [6.07, 6.45) is 0. The van der Waals surface area contributed by atoms with Crippen LogP contribution in [0.5, 0.6) is 5.75 Å². The number of nitrogens with zero attached hydrogens (tertiary/aromatic N) is 2. The van der Waals surface area contributed by atoms with Gasteiger partial charge in [-0.15, -0.1) is 0 Å². The van der Waals surface area contributed by atoms with Gasteiger partial charge in [0.05, 0.1) is 18.3 Å². The van der Waals surface area contributed by atoms with Crippen LogP contribution in [0.2, 0.25) is 0 Å². The van der Waals surface area contributed by atoms with Crippen molar-refractivity contribution in [3.05, 3.63) is 23.9 Å². The van der Waals surface area contributed by atoms with Crippen LogP contribution in [0.4, 0.5) is 11.4 Å². The molecule has 2 heterocycles. The smallest absolute Gasteiger partial charge is 0.356 e. The minimum atomic E-state index is -0.609. The molecule has 0 spiro atoms. The van der Waals surface area contributed by atoms with Crippen molar-refractivity contribution in [2.45, 2.75) is 0 Å². The normalized spacial score (nSPS) is 15.0. The molecule has 0 radical (unpaired) electrons. The number of methoxy groups -OCH3 is 1. The fourth-order valence-corrected chi connectivity index (χ4v) is 2.64. The number of nitrogens with two attached hydrogens (primary N) is 1. The Labute approximate surface area is 127 Å². The van der Waals surface area contributed by atoms with Gasteiger partial charge in [-0.25, -0.2) is 9.78 Å². The maximum absolute atomic E-state index is 11.6. The summed E-state index contributed by atoms with van der Waals surface area (Å²) < 4.78 is 4.63. The van der Waals surface area contributed by atoms with Crippen molar-refractivity contribution in [3.63, 3.8) is 0 Å². The summed E-state index contributed by atoms with van der Waals surface area (Å²) in [5.41, 5.74) is 7.88. The number of benzene rings is 1. The van der Waals surface area contributed by atoms with Crippen LogP contribution < -0.4 is 16.0 Å². The Bertz CT molecular complexity index is 726. The highest BCUT2D eigenvalue weighted by Crippen LogP contribution is 2.33. The second kappa shape index (κ2) is 5.69. The number of hydrogen-bond acceptors (Lipinski definition) is 7. The van der Waals surface area contributed by atoms with Gasteiger partial charge in [0.25, 0.3) is 0 Å². The third-order valence-electron chi connectivity index (χ3n) is 3.78. The number of rotatable bonds is 2. The molecule has 22 heavy (non-hydrogen) atoms. The Morgan fingerprint density at radius 2 is 2.09 bits per heavy atom. The number of carbonyl (C=O) groups is 1. The van der Waals surface area contributed by atoms with Crippen molar-refractivity contribution in [2.75, 3.05) is 43.9 Å². The van der Waals surface area contributed by atoms with Crippen LogP contribution >= 0.6 is 0 Å². The average Bonchev–Trinajstić information content (AvgIpc) is 2.55. The molecule has 7 nitrogen and oxygen atoms in total. The molecule has 3 rings (SSSR count). The summed E-state index contributed by atoms with van der Waals surface area (Å²) in [5.74, 6) is -0.642. The van der Waals surface area contributed by atoms with E-state index in [1.54, 1.807) is 0 Å². The van der Waals surface area contributed by atoms with Crippen LogP contribution in [0.1, 0.15) is 10.5 Å². The monoisotopic (exact) mass is 302 g/mol. The first-order valence-electron chi connectivity index (χ1n) is 7.07. The molecule has 0 atom stereocenters. The number of aromatic hydroxyl groups is 1. The third-order valence-corrected chi connectivity index (χ3v) is 3.78. The van der Waals surface area contributed by atoms with Crippen molar-refractivity contribution in [3.8, 4) is 5.75 Å². The van der Waals surface area contributed by atoms with Gasteiger partial charge in [-0.3, -0.25) is 0 Å². The zero-order chi connectivity index (χ0) is 15.7. The number of nitrogens with one attached hydrogen (secondary N) is 1. The number of anilines is 2. The zero-order valence-corrected chi connectivity index (χ0v) is 12.3. The van der Waals surface area contributed by atoms with Gasteiger partial charge in [0.1, 0.15) is 5.75 Å². The first kappa shape index (κ1) is 14.4. The molecule has 1 fully saturated rings. The number of piperazine rings is 1. The molecule has 1 aromatic carbocycles. The molecule has 2 aromatic rings. The fourth-order valence-electron chi connectivity index (χ4n) is 2.64. The van der Waals surface area contributed by atoms with E-state index < -0.39 is 5.97 Å². The Balaban J connectivity index is 2.10. The van der Waals surface area contributed by atoms with Crippen LogP contribution in [0, 0.1) is 0 Å². The van der Waals surface area contributed by atoms with Crippen molar-refractivity contribution < 1.29 is 14.6 Å². The van der Waals surface area contributed by atoms with Crippen molar-refractivity contribution >= 4 is 28.2 Å². The molecule has 0 unspecified atom stereocenters. The fraction of sp³-hybridized carbons (Fsp3) is 0.333. The standard InChI is InChI=1S/C15H18N4O3/c1-22-15(21)12-8-13(20)10-6-9(7-11(16)14(10)18-12)19-4-2-17-3-5-19/h6-8,17H,2-5,16H2,1H3,(H,18,20). The van der Waals surface area contributed by atoms with Crippen LogP contribution in [-0.4, -0.2) is 49.3 Å². The van der Waals surface area contributed by atoms with E-state index in [0.717, 1.165) is 31.9 Å². The number of carbonyl (C=O) groups excluding carboxylic acids is 1. The molecule has 116 valence electrons. The topological polar surface area (TPSA) is 101 Å². The minimum absolute atomic E-state index is 0.0333. The van der Waals surface area contributed by atoms with E-state index in [-0.39, 0.29) is 11.4 Å². The second-order valence-electron chi connectivity index (χ2n) is 5.19.